The molecule has 0 fully saturated rings. The summed E-state index contributed by atoms with van der Waals surface area (Å²) >= 11 is 6.60. The normalized spacial score (nSPS) is 16.1. The van der Waals surface area contributed by atoms with Gasteiger partial charge in [0.2, 0.25) is 11.7 Å². The van der Waals surface area contributed by atoms with E-state index in [-0.39, 0.29) is 22.0 Å². The van der Waals surface area contributed by atoms with Crippen LogP contribution in [0.4, 0.5) is 43.4 Å². The summed E-state index contributed by atoms with van der Waals surface area (Å²) in [7, 11) is 0. The Hall–Kier alpha value is -3.97. The number of amides is 2. The van der Waals surface area contributed by atoms with Gasteiger partial charge >= 0.3 is 0 Å². The highest BCUT2D eigenvalue weighted by molar-refractivity contribution is 8.16. The van der Waals surface area contributed by atoms with Crippen LogP contribution < -0.4 is 16.4 Å². The van der Waals surface area contributed by atoms with E-state index in [1.54, 1.807) is 24.4 Å². The van der Waals surface area contributed by atoms with Crippen molar-refractivity contribution >= 4 is 57.3 Å². The number of rotatable bonds is 5. The molecule has 1 aliphatic rings. The van der Waals surface area contributed by atoms with Gasteiger partial charge in [0.1, 0.15) is 27.5 Å². The molecular weight excluding hydrogens is 570 g/mol. The Morgan fingerprint density at radius 2 is 1.51 bits per heavy atom. The van der Waals surface area contributed by atoms with Crippen LogP contribution in [-0.4, -0.2) is 22.1 Å². The number of aliphatic imine (C=N–C) groups is 1. The lowest BCUT2D eigenvalue weighted by Crippen LogP contribution is -2.30. The summed E-state index contributed by atoms with van der Waals surface area (Å²) in [4.78, 5) is 30.3. The zero-order valence-electron chi connectivity index (χ0n) is 19.5. The number of para-hydroxylation sites is 1. The van der Waals surface area contributed by atoms with Gasteiger partial charge in [-0.3, -0.25) is 9.59 Å². The van der Waals surface area contributed by atoms with Crippen molar-refractivity contribution in [2.24, 2.45) is 10.7 Å². The predicted octanol–water partition coefficient (Wildman–Crippen LogP) is 6.12. The summed E-state index contributed by atoms with van der Waals surface area (Å²) in [6.07, 6.45) is 0. The lowest BCUT2D eigenvalue weighted by atomic mass is 10.1. The molecule has 202 valence electrons. The van der Waals surface area contributed by atoms with Gasteiger partial charge in [-0.25, -0.2) is 31.3 Å². The average Bonchev–Trinajstić information content (AvgIpc) is 3.23. The second kappa shape index (κ2) is 11.0. The van der Waals surface area contributed by atoms with Gasteiger partial charge in [0.05, 0.1) is 5.57 Å². The Morgan fingerprint density at radius 1 is 0.897 bits per heavy atom. The number of halogens is 7. The van der Waals surface area contributed by atoms with Crippen molar-refractivity contribution < 1.29 is 35.9 Å². The Bertz CT molecular complexity index is 1570. The van der Waals surface area contributed by atoms with Crippen LogP contribution in [0.2, 0.25) is 5.02 Å². The van der Waals surface area contributed by atoms with Crippen molar-refractivity contribution in [1.82, 2.24) is 0 Å². The fourth-order valence-electron chi connectivity index (χ4n) is 3.48. The Morgan fingerprint density at radius 3 is 2.15 bits per heavy atom. The third-order valence-corrected chi connectivity index (χ3v) is 7.16. The minimum absolute atomic E-state index is 0.224. The third-order valence-electron chi connectivity index (χ3n) is 5.53. The molecule has 0 aromatic heterocycles. The molecule has 4 N–H and O–H groups in total. The summed E-state index contributed by atoms with van der Waals surface area (Å²) in [6.45, 7) is 1.62. The zero-order chi connectivity index (χ0) is 28.6. The predicted molar refractivity (Wildman–Crippen MR) is 136 cm³/mol. The van der Waals surface area contributed by atoms with Gasteiger partial charge < -0.3 is 16.4 Å². The summed E-state index contributed by atoms with van der Waals surface area (Å²) in [6, 6.07) is 9.88. The SMILES string of the molecule is Cc1c(Cl)cccc1NC(=O)C1=C(N)C(C(=O)Nc2c(F)c(F)c(F)c(F)c2F)SC1=Nc1ccccc1F. The quantitative estimate of drug-likeness (QED) is 0.191. The average molecular weight is 585 g/mol. The number of nitrogens with two attached hydrogens (primary N) is 1. The van der Waals surface area contributed by atoms with Gasteiger partial charge in [-0.15, -0.1) is 0 Å². The number of hydrogen-bond acceptors (Lipinski definition) is 5. The van der Waals surface area contributed by atoms with E-state index in [0.717, 1.165) is 6.07 Å². The van der Waals surface area contributed by atoms with E-state index in [0.29, 0.717) is 22.3 Å². The minimum Gasteiger partial charge on any atom is -0.400 e. The third kappa shape index (κ3) is 5.32. The summed E-state index contributed by atoms with van der Waals surface area (Å²) in [5, 5.41) is 2.66. The first-order valence-electron chi connectivity index (χ1n) is 10.8. The molecule has 0 bridgehead atoms. The van der Waals surface area contributed by atoms with E-state index in [4.69, 9.17) is 17.3 Å². The maximum atomic E-state index is 14.3. The molecule has 14 heteroatoms. The van der Waals surface area contributed by atoms with Crippen LogP contribution in [0.1, 0.15) is 5.56 Å². The highest BCUT2D eigenvalue weighted by atomic mass is 35.5. The second-order valence-electron chi connectivity index (χ2n) is 8.00. The first kappa shape index (κ1) is 28.0. The van der Waals surface area contributed by atoms with Crippen molar-refractivity contribution in [2.75, 3.05) is 10.6 Å². The van der Waals surface area contributed by atoms with E-state index in [1.165, 1.54) is 24.3 Å². The maximum absolute atomic E-state index is 14.3. The first-order chi connectivity index (χ1) is 18.4. The number of thioether (sulfide) groups is 1. The zero-order valence-corrected chi connectivity index (χ0v) is 21.1. The largest absolute Gasteiger partial charge is 0.400 e. The molecule has 0 aliphatic carbocycles. The standard InChI is InChI=1S/C25H15ClF6N4O2S/c1-9-10(26)5-4-8-12(9)34-23(37)14-20(33)22(39-25(14)35-13-7-3-2-6-11(13)27)24(38)36-21-18(31)16(29)15(28)17(30)19(21)32/h2-8,22H,33H2,1H3,(H,34,37)(H,36,38). The van der Waals surface area contributed by atoms with Gasteiger partial charge in [-0.05, 0) is 36.8 Å². The topological polar surface area (TPSA) is 96.6 Å². The van der Waals surface area contributed by atoms with E-state index in [1.807, 2.05) is 0 Å². The van der Waals surface area contributed by atoms with E-state index in [2.05, 4.69) is 10.3 Å². The van der Waals surface area contributed by atoms with E-state index >= 15 is 0 Å². The lowest BCUT2D eigenvalue weighted by molar-refractivity contribution is -0.115. The fraction of sp³-hybridized carbons (Fsp3) is 0.0800. The number of hydrogen-bond donors (Lipinski definition) is 3. The smallest absolute Gasteiger partial charge is 0.260 e. The van der Waals surface area contributed by atoms with E-state index < -0.39 is 63.4 Å². The van der Waals surface area contributed by atoms with Gasteiger partial charge in [-0.1, -0.05) is 41.6 Å². The highest BCUT2D eigenvalue weighted by Gasteiger charge is 2.40. The van der Waals surface area contributed by atoms with Crippen molar-refractivity contribution in [3.8, 4) is 0 Å². The molecule has 3 aromatic rings. The highest BCUT2D eigenvalue weighted by Crippen LogP contribution is 2.37. The molecule has 39 heavy (non-hydrogen) atoms. The molecule has 1 unspecified atom stereocenters. The molecule has 0 spiro atoms. The van der Waals surface area contributed by atoms with Crippen molar-refractivity contribution in [2.45, 2.75) is 12.2 Å². The molecule has 1 atom stereocenters. The fourth-order valence-corrected chi connectivity index (χ4v) is 4.76. The van der Waals surface area contributed by atoms with Crippen LogP contribution in [0, 0.1) is 41.8 Å². The monoisotopic (exact) mass is 584 g/mol. The summed E-state index contributed by atoms with van der Waals surface area (Å²) in [5.74, 6) is -14.5. The van der Waals surface area contributed by atoms with Crippen molar-refractivity contribution in [3.63, 3.8) is 0 Å². The number of carbonyl (C=O) groups excluding carboxylic acids is 2. The van der Waals surface area contributed by atoms with Gasteiger partial charge in [0, 0.05) is 16.4 Å². The maximum Gasteiger partial charge on any atom is 0.260 e. The number of benzene rings is 3. The Kier molecular flexibility index (Phi) is 7.93. The second-order valence-corrected chi connectivity index (χ2v) is 9.50. The molecule has 6 nitrogen and oxygen atoms in total. The molecule has 0 saturated carbocycles. The van der Waals surface area contributed by atoms with Gasteiger partial charge in [0.15, 0.2) is 23.3 Å². The van der Waals surface area contributed by atoms with E-state index in [9.17, 15) is 35.9 Å². The Labute approximate surface area is 225 Å². The van der Waals surface area contributed by atoms with Crippen LogP contribution in [0.3, 0.4) is 0 Å². The van der Waals surface area contributed by atoms with Crippen LogP contribution in [0.5, 0.6) is 0 Å². The van der Waals surface area contributed by atoms with Gasteiger partial charge in [0.25, 0.3) is 5.91 Å². The number of nitrogens with zero attached hydrogens (tertiary/aromatic N) is 1. The molecular formula is C25H15ClF6N4O2S. The lowest BCUT2D eigenvalue weighted by Gasteiger charge is -2.14. The first-order valence-corrected chi connectivity index (χ1v) is 12.1. The molecule has 1 aliphatic heterocycles. The van der Waals surface area contributed by atoms with Crippen LogP contribution in [-0.2, 0) is 9.59 Å². The van der Waals surface area contributed by atoms with Gasteiger partial charge in [-0.2, -0.15) is 0 Å². The van der Waals surface area contributed by atoms with Crippen molar-refractivity contribution in [1.29, 1.82) is 0 Å². The molecule has 0 radical (unpaired) electrons. The minimum atomic E-state index is -2.41. The number of anilines is 2. The van der Waals surface area contributed by atoms with Crippen LogP contribution in [0.15, 0.2) is 58.7 Å². The molecule has 2 amide bonds. The van der Waals surface area contributed by atoms with Crippen LogP contribution >= 0.6 is 23.4 Å². The summed E-state index contributed by atoms with van der Waals surface area (Å²) in [5.41, 5.74) is 4.18. The van der Waals surface area contributed by atoms with Crippen LogP contribution in [0.25, 0.3) is 0 Å². The number of carbonyl (C=O) groups is 2. The summed E-state index contributed by atoms with van der Waals surface area (Å²) < 4.78 is 83.2. The molecule has 4 rings (SSSR count). The van der Waals surface area contributed by atoms with Crippen molar-refractivity contribution in [3.05, 3.63) is 99.2 Å². The molecule has 0 saturated heterocycles. The number of nitrogens with one attached hydrogen (secondary N) is 2. The Balaban J connectivity index is 1.75. The molecule has 1 heterocycles. The molecule has 3 aromatic carbocycles.